The molecule has 0 saturated carbocycles. The number of benzene rings is 4. The Bertz CT molecular complexity index is 1800. The van der Waals surface area contributed by atoms with Gasteiger partial charge in [-0.15, -0.1) is 69.1 Å². The summed E-state index contributed by atoms with van der Waals surface area (Å²) in [6, 6.07) is 37.2. The molecule has 0 aliphatic rings. The van der Waals surface area contributed by atoms with E-state index in [0.29, 0.717) is 0 Å². The molecule has 0 spiro atoms. The topological polar surface area (TPSA) is 0 Å². The third-order valence-corrected chi connectivity index (χ3v) is 13.4. The predicted molar refractivity (Wildman–Crippen MR) is 194 cm³/mol. The van der Waals surface area contributed by atoms with Gasteiger partial charge in [0.1, 0.15) is 0 Å². The van der Waals surface area contributed by atoms with Gasteiger partial charge in [-0.3, -0.25) is 0 Å². The standard InChI is InChI=1S/C42H46Si.Zr/c1-27-25-31-13-11-15-35(29-17-21-33(22-18-29)41(3,4)5)37(31)39(27)43(9,10)40-28(2)26-32-14-12-16-36(38(32)40)30-19-23-34(24-20-30)42(6,7)8;/h11-26H,1-10H3;/q-2;+2. The van der Waals surface area contributed by atoms with Crippen molar-refractivity contribution in [2.45, 2.75) is 79.3 Å². The molecule has 0 amide bonds. The third kappa shape index (κ3) is 5.59. The monoisotopic (exact) mass is 668 g/mol. The van der Waals surface area contributed by atoms with Gasteiger partial charge in [-0.1, -0.05) is 140 Å². The van der Waals surface area contributed by atoms with E-state index < -0.39 is 8.07 Å². The number of fused-ring (bicyclic) bond motifs is 2. The van der Waals surface area contributed by atoms with Crippen LogP contribution in [0.3, 0.4) is 0 Å². The Morgan fingerprint density at radius 1 is 0.500 bits per heavy atom. The van der Waals surface area contributed by atoms with Crippen molar-refractivity contribution in [2.24, 2.45) is 0 Å². The zero-order valence-corrected chi connectivity index (χ0v) is 31.7. The molecule has 6 aromatic rings. The van der Waals surface area contributed by atoms with Crippen molar-refractivity contribution in [3.8, 4) is 22.3 Å². The maximum Gasteiger partial charge on any atom is 2.00 e. The second-order valence-corrected chi connectivity index (χ2v) is 19.5. The van der Waals surface area contributed by atoms with Crippen LogP contribution in [0.1, 0.15) is 63.8 Å². The summed E-state index contributed by atoms with van der Waals surface area (Å²) in [4.78, 5) is 0. The quantitative estimate of drug-likeness (QED) is 0.129. The molecule has 0 aliphatic heterocycles. The molecule has 0 nitrogen and oxygen atoms in total. The van der Waals surface area contributed by atoms with Crippen LogP contribution in [-0.2, 0) is 37.0 Å². The summed E-state index contributed by atoms with van der Waals surface area (Å²) in [5.41, 5.74) is 11.2. The van der Waals surface area contributed by atoms with Crippen LogP contribution in [0.2, 0.25) is 13.1 Å². The molecular formula is C42H46SiZr. The van der Waals surface area contributed by atoms with E-state index in [1.165, 1.54) is 66.1 Å². The van der Waals surface area contributed by atoms with Crippen LogP contribution < -0.4 is 10.4 Å². The molecule has 0 radical (unpaired) electrons. The Morgan fingerprint density at radius 2 is 0.841 bits per heavy atom. The molecule has 0 aliphatic carbocycles. The van der Waals surface area contributed by atoms with Crippen LogP contribution in [-0.4, -0.2) is 8.07 Å². The molecule has 0 heterocycles. The fraction of sp³-hybridized carbons (Fsp3) is 0.286. The van der Waals surface area contributed by atoms with E-state index in [1.807, 2.05) is 0 Å². The minimum absolute atomic E-state index is 0. The molecule has 0 aromatic heterocycles. The molecule has 0 atom stereocenters. The first kappa shape index (κ1) is 32.6. The smallest absolute Gasteiger partial charge is 0.158 e. The summed E-state index contributed by atoms with van der Waals surface area (Å²) < 4.78 is 0. The third-order valence-electron chi connectivity index (χ3n) is 9.60. The van der Waals surface area contributed by atoms with E-state index in [9.17, 15) is 0 Å². The van der Waals surface area contributed by atoms with E-state index >= 15 is 0 Å². The first-order chi connectivity index (χ1) is 20.2. The van der Waals surface area contributed by atoms with Crippen molar-refractivity contribution in [1.29, 1.82) is 0 Å². The van der Waals surface area contributed by atoms with Gasteiger partial charge < -0.3 is 0 Å². The molecule has 2 heteroatoms. The van der Waals surface area contributed by atoms with Gasteiger partial charge in [0, 0.05) is 8.07 Å². The first-order valence-electron chi connectivity index (χ1n) is 15.8. The second kappa shape index (κ2) is 11.5. The molecule has 0 unspecified atom stereocenters. The van der Waals surface area contributed by atoms with E-state index in [0.717, 1.165) is 0 Å². The van der Waals surface area contributed by atoms with Crippen molar-refractivity contribution >= 4 is 40.0 Å². The average molecular weight is 670 g/mol. The maximum absolute atomic E-state index is 2.58. The summed E-state index contributed by atoms with van der Waals surface area (Å²) in [6.07, 6.45) is 0. The summed E-state index contributed by atoms with van der Waals surface area (Å²) in [7, 11) is -2.18. The summed E-state index contributed by atoms with van der Waals surface area (Å²) in [5.74, 6) is 0. The Hall–Kier alpha value is -2.80. The second-order valence-electron chi connectivity index (χ2n) is 15.2. The van der Waals surface area contributed by atoms with Gasteiger partial charge >= 0.3 is 26.2 Å². The Balaban J connectivity index is 0.00000384. The van der Waals surface area contributed by atoms with Crippen LogP contribution in [0.25, 0.3) is 43.8 Å². The maximum atomic E-state index is 2.58. The SMILES string of the molecule is Cc1[cH-]c2cccc(-c3ccc(C(C)(C)C)cc3)c2c1[Si](C)(C)c1c(C)[cH-]c2cccc(-c3ccc(C(C)(C)C)cc3)c12.[Zr+2]. The first-order valence-corrected chi connectivity index (χ1v) is 18.8. The van der Waals surface area contributed by atoms with Gasteiger partial charge in [0.15, 0.2) is 0 Å². The van der Waals surface area contributed by atoms with E-state index in [1.54, 1.807) is 10.4 Å². The van der Waals surface area contributed by atoms with Crippen molar-refractivity contribution in [3.05, 3.63) is 119 Å². The fourth-order valence-electron chi connectivity index (χ4n) is 7.46. The molecular weight excluding hydrogens is 624 g/mol. The predicted octanol–water partition coefficient (Wildman–Crippen LogP) is 10.8. The zero-order valence-electron chi connectivity index (χ0n) is 28.2. The normalized spacial score (nSPS) is 12.6. The van der Waals surface area contributed by atoms with Gasteiger partial charge in [-0.05, 0) is 33.1 Å². The number of hydrogen-bond acceptors (Lipinski definition) is 0. The molecule has 0 saturated heterocycles. The summed E-state index contributed by atoms with van der Waals surface area (Å²) >= 11 is 0. The summed E-state index contributed by atoms with van der Waals surface area (Å²) in [5, 5.41) is 8.76. The van der Waals surface area contributed by atoms with Crippen LogP contribution in [0.4, 0.5) is 0 Å². The molecule has 0 fully saturated rings. The Labute approximate surface area is 285 Å². The average Bonchev–Trinajstić information content (AvgIpc) is 3.48. The molecule has 0 bridgehead atoms. The number of rotatable bonds is 4. The molecule has 222 valence electrons. The van der Waals surface area contributed by atoms with Gasteiger partial charge in [-0.2, -0.15) is 10.4 Å². The fourth-order valence-corrected chi connectivity index (χ4v) is 11.6. The van der Waals surface area contributed by atoms with Crippen LogP contribution >= 0.6 is 0 Å². The van der Waals surface area contributed by atoms with Crippen molar-refractivity contribution in [3.63, 3.8) is 0 Å². The molecule has 44 heavy (non-hydrogen) atoms. The Morgan fingerprint density at radius 3 is 1.16 bits per heavy atom. The van der Waals surface area contributed by atoms with Gasteiger partial charge in [0.25, 0.3) is 0 Å². The zero-order chi connectivity index (χ0) is 30.9. The van der Waals surface area contributed by atoms with Crippen LogP contribution in [0.5, 0.6) is 0 Å². The van der Waals surface area contributed by atoms with Crippen LogP contribution in [0.15, 0.2) is 97.1 Å². The van der Waals surface area contributed by atoms with Crippen molar-refractivity contribution < 1.29 is 26.2 Å². The minimum atomic E-state index is -2.18. The van der Waals surface area contributed by atoms with E-state index in [4.69, 9.17) is 0 Å². The van der Waals surface area contributed by atoms with E-state index in [-0.39, 0.29) is 37.0 Å². The van der Waals surface area contributed by atoms with Crippen LogP contribution in [0, 0.1) is 13.8 Å². The molecule has 6 rings (SSSR count). The Kier molecular flexibility index (Phi) is 8.54. The largest absolute Gasteiger partial charge is 2.00 e. The van der Waals surface area contributed by atoms with Gasteiger partial charge in [0.05, 0.1) is 0 Å². The molecule has 0 N–H and O–H groups in total. The summed E-state index contributed by atoms with van der Waals surface area (Å²) in [6.45, 7) is 23.6. The number of hydrogen-bond donors (Lipinski definition) is 0. The van der Waals surface area contributed by atoms with Crippen molar-refractivity contribution in [1.82, 2.24) is 0 Å². The minimum Gasteiger partial charge on any atom is -0.158 e. The van der Waals surface area contributed by atoms with Gasteiger partial charge in [-0.25, -0.2) is 0 Å². The van der Waals surface area contributed by atoms with E-state index in [2.05, 4.69) is 166 Å². The van der Waals surface area contributed by atoms with Gasteiger partial charge in [0.2, 0.25) is 0 Å². The number of aryl methyl sites for hydroxylation is 2. The molecule has 6 aromatic carbocycles. The van der Waals surface area contributed by atoms with Crippen molar-refractivity contribution in [2.75, 3.05) is 0 Å².